The molecular weight excluding hydrogens is 245 g/mol. The summed E-state index contributed by atoms with van der Waals surface area (Å²) in [4.78, 5) is 10.8. The number of nitrogens with zero attached hydrogens (tertiary/aromatic N) is 2. The zero-order valence-electron chi connectivity index (χ0n) is 8.55. The number of nitrogens with one attached hydrogen (secondary N) is 1. The van der Waals surface area contributed by atoms with Crippen LogP contribution in [0.3, 0.4) is 0 Å². The summed E-state index contributed by atoms with van der Waals surface area (Å²) < 4.78 is 12.9. The van der Waals surface area contributed by atoms with E-state index in [0.29, 0.717) is 10.9 Å². The molecule has 1 aromatic rings. The molecule has 0 aromatic heterocycles. The minimum absolute atomic E-state index is 0.0848. The number of amidine groups is 1. The van der Waals surface area contributed by atoms with E-state index in [2.05, 4.69) is 15.5 Å². The van der Waals surface area contributed by atoms with Crippen molar-refractivity contribution < 1.29 is 14.3 Å². The lowest BCUT2D eigenvalue weighted by Crippen LogP contribution is -2.19. The van der Waals surface area contributed by atoms with Crippen LogP contribution in [0.1, 0.15) is 5.56 Å². The maximum absolute atomic E-state index is 12.9. The number of rotatable bonds is 2. The van der Waals surface area contributed by atoms with Crippen LogP contribution in [0.25, 0.3) is 0 Å². The van der Waals surface area contributed by atoms with Gasteiger partial charge in [0.15, 0.2) is 5.17 Å². The second-order valence-electron chi connectivity index (χ2n) is 3.19. The van der Waals surface area contributed by atoms with Crippen molar-refractivity contribution in [3.05, 3.63) is 29.6 Å². The van der Waals surface area contributed by atoms with Crippen molar-refractivity contribution in [1.29, 1.82) is 0 Å². The van der Waals surface area contributed by atoms with Crippen LogP contribution in [-0.4, -0.2) is 28.1 Å². The number of amides is 1. The molecular formula is C10H8FN3O2S. The smallest absolute Gasteiger partial charge is 0.236 e. The minimum atomic E-state index is -0.472. The highest BCUT2D eigenvalue weighted by atomic mass is 32.2. The second kappa shape index (κ2) is 4.96. The SMILES string of the molecule is O=C1CS/C(=N/N=C/c2cc(F)ccc2O)N1. The highest BCUT2D eigenvalue weighted by molar-refractivity contribution is 8.15. The number of hydrogen-bond acceptors (Lipinski definition) is 5. The summed E-state index contributed by atoms with van der Waals surface area (Å²) in [7, 11) is 0. The first-order valence-corrected chi connectivity index (χ1v) is 5.66. The molecule has 0 bridgehead atoms. The number of carbonyl (C=O) groups excluding carboxylic acids is 1. The van der Waals surface area contributed by atoms with E-state index < -0.39 is 5.82 Å². The van der Waals surface area contributed by atoms with Crippen LogP contribution in [0.2, 0.25) is 0 Å². The molecule has 1 heterocycles. The van der Waals surface area contributed by atoms with Gasteiger partial charge in [-0.1, -0.05) is 11.8 Å². The highest BCUT2D eigenvalue weighted by Crippen LogP contribution is 2.15. The maximum Gasteiger partial charge on any atom is 0.236 e. The van der Waals surface area contributed by atoms with Crippen LogP contribution in [0, 0.1) is 5.82 Å². The number of phenolic OH excluding ortho intramolecular Hbond substituents is 1. The largest absolute Gasteiger partial charge is 0.507 e. The normalized spacial score (nSPS) is 17.9. The Kier molecular flexibility index (Phi) is 3.38. The Morgan fingerprint density at radius 3 is 3.06 bits per heavy atom. The first kappa shape index (κ1) is 11.6. The molecule has 0 unspecified atom stereocenters. The molecule has 0 saturated carbocycles. The monoisotopic (exact) mass is 253 g/mol. The third-order valence-corrected chi connectivity index (χ3v) is 2.78. The molecule has 1 fully saturated rings. The quantitative estimate of drug-likeness (QED) is 0.612. The molecule has 88 valence electrons. The number of hydrogen-bond donors (Lipinski definition) is 2. The third kappa shape index (κ3) is 3.04. The van der Waals surface area contributed by atoms with Gasteiger partial charge >= 0.3 is 0 Å². The number of benzene rings is 1. The van der Waals surface area contributed by atoms with E-state index in [1.807, 2.05) is 0 Å². The van der Waals surface area contributed by atoms with Gasteiger partial charge in [-0.3, -0.25) is 4.79 Å². The van der Waals surface area contributed by atoms with Crippen molar-refractivity contribution >= 4 is 29.1 Å². The molecule has 0 radical (unpaired) electrons. The molecule has 7 heteroatoms. The van der Waals surface area contributed by atoms with E-state index in [4.69, 9.17) is 0 Å². The van der Waals surface area contributed by atoms with Gasteiger partial charge in [-0.2, -0.15) is 5.10 Å². The molecule has 5 nitrogen and oxygen atoms in total. The van der Waals surface area contributed by atoms with Crippen LogP contribution in [0.4, 0.5) is 4.39 Å². The summed E-state index contributed by atoms with van der Waals surface area (Å²) in [5.41, 5.74) is 0.226. The van der Waals surface area contributed by atoms with E-state index >= 15 is 0 Å². The van der Waals surface area contributed by atoms with E-state index in [9.17, 15) is 14.3 Å². The molecule has 17 heavy (non-hydrogen) atoms. The molecule has 0 aliphatic carbocycles. The van der Waals surface area contributed by atoms with Crippen LogP contribution < -0.4 is 5.32 Å². The lowest BCUT2D eigenvalue weighted by molar-refractivity contribution is -0.116. The standard InChI is InChI=1S/C10H8FN3O2S/c11-7-1-2-8(15)6(3-7)4-12-14-10-13-9(16)5-17-10/h1-4,15H,5H2,(H,13,14,16)/b12-4+. The van der Waals surface area contributed by atoms with Gasteiger partial charge in [-0.15, -0.1) is 5.10 Å². The summed E-state index contributed by atoms with van der Waals surface area (Å²) in [5, 5.41) is 19.7. The topological polar surface area (TPSA) is 74.0 Å². The molecule has 2 N–H and O–H groups in total. The van der Waals surface area contributed by atoms with Crippen LogP contribution in [0.5, 0.6) is 5.75 Å². The Morgan fingerprint density at radius 1 is 1.53 bits per heavy atom. The minimum Gasteiger partial charge on any atom is -0.507 e. The Balaban J connectivity index is 2.10. The molecule has 1 amide bonds. The van der Waals surface area contributed by atoms with Gasteiger partial charge in [0.05, 0.1) is 12.0 Å². The van der Waals surface area contributed by atoms with Gasteiger partial charge in [0.2, 0.25) is 5.91 Å². The maximum atomic E-state index is 12.9. The summed E-state index contributed by atoms with van der Waals surface area (Å²) in [5.74, 6) is -0.365. The van der Waals surface area contributed by atoms with Crippen molar-refractivity contribution in [1.82, 2.24) is 5.32 Å². The number of thioether (sulfide) groups is 1. The Hall–Kier alpha value is -1.89. The predicted molar refractivity (Wildman–Crippen MR) is 63.7 cm³/mol. The predicted octanol–water partition coefficient (Wildman–Crippen LogP) is 1.08. The summed E-state index contributed by atoms with van der Waals surface area (Å²) in [6.45, 7) is 0. The number of halogens is 1. The van der Waals surface area contributed by atoms with Crippen molar-refractivity contribution in [2.75, 3.05) is 5.75 Å². The van der Waals surface area contributed by atoms with Gasteiger partial charge < -0.3 is 10.4 Å². The van der Waals surface area contributed by atoms with Crippen LogP contribution in [-0.2, 0) is 4.79 Å². The van der Waals surface area contributed by atoms with Crippen molar-refractivity contribution in [2.24, 2.45) is 10.2 Å². The van der Waals surface area contributed by atoms with Crippen molar-refractivity contribution in [3.8, 4) is 5.75 Å². The van der Waals surface area contributed by atoms with Crippen LogP contribution in [0.15, 0.2) is 28.4 Å². The second-order valence-corrected chi connectivity index (χ2v) is 4.15. The zero-order chi connectivity index (χ0) is 12.3. The van der Waals surface area contributed by atoms with Crippen molar-refractivity contribution in [3.63, 3.8) is 0 Å². The van der Waals surface area contributed by atoms with E-state index in [1.165, 1.54) is 24.0 Å². The van der Waals surface area contributed by atoms with Gasteiger partial charge in [-0.05, 0) is 18.2 Å². The van der Waals surface area contributed by atoms with E-state index in [1.54, 1.807) is 0 Å². The lowest BCUT2D eigenvalue weighted by Gasteiger charge is -1.96. The number of phenols is 1. The number of aromatic hydroxyl groups is 1. The molecule has 0 spiro atoms. The molecule has 1 saturated heterocycles. The van der Waals surface area contributed by atoms with Gasteiger partial charge in [0.1, 0.15) is 11.6 Å². The summed E-state index contributed by atoms with van der Waals surface area (Å²) in [6, 6.07) is 3.51. The average molecular weight is 253 g/mol. The van der Waals surface area contributed by atoms with E-state index in [-0.39, 0.29) is 17.2 Å². The van der Waals surface area contributed by atoms with Gasteiger partial charge in [-0.25, -0.2) is 4.39 Å². The first-order chi connectivity index (χ1) is 8.15. The Morgan fingerprint density at radius 2 is 2.35 bits per heavy atom. The van der Waals surface area contributed by atoms with Crippen molar-refractivity contribution in [2.45, 2.75) is 0 Å². The average Bonchev–Trinajstić information content (AvgIpc) is 2.69. The molecule has 1 aliphatic rings. The summed E-state index contributed by atoms with van der Waals surface area (Å²) >= 11 is 1.23. The lowest BCUT2D eigenvalue weighted by atomic mass is 10.2. The summed E-state index contributed by atoms with van der Waals surface area (Å²) in [6.07, 6.45) is 1.22. The molecule has 2 rings (SSSR count). The fraction of sp³-hybridized carbons (Fsp3) is 0.100. The zero-order valence-corrected chi connectivity index (χ0v) is 9.37. The highest BCUT2D eigenvalue weighted by Gasteiger charge is 2.15. The van der Waals surface area contributed by atoms with E-state index in [0.717, 1.165) is 12.1 Å². The Labute approximate surface area is 100 Å². The molecule has 0 atom stereocenters. The fourth-order valence-electron chi connectivity index (χ4n) is 1.15. The van der Waals surface area contributed by atoms with Crippen LogP contribution >= 0.6 is 11.8 Å². The third-order valence-electron chi connectivity index (χ3n) is 1.92. The van der Waals surface area contributed by atoms with Gasteiger partial charge in [0, 0.05) is 5.56 Å². The van der Waals surface area contributed by atoms with Gasteiger partial charge in [0.25, 0.3) is 0 Å². The number of carbonyl (C=O) groups is 1. The Bertz CT molecular complexity index is 516. The molecule has 1 aromatic carbocycles. The first-order valence-electron chi connectivity index (χ1n) is 4.67. The fourth-order valence-corrected chi connectivity index (χ4v) is 1.78. The molecule has 1 aliphatic heterocycles.